The third kappa shape index (κ3) is 4.85. The summed E-state index contributed by atoms with van der Waals surface area (Å²) in [4.78, 5) is 14.6. The van der Waals surface area contributed by atoms with Crippen molar-refractivity contribution in [2.45, 2.75) is 6.92 Å². The van der Waals surface area contributed by atoms with E-state index in [1.165, 1.54) is 11.8 Å². The molecule has 1 aliphatic rings. The van der Waals surface area contributed by atoms with Crippen LogP contribution in [0.5, 0.6) is 17.2 Å². The van der Waals surface area contributed by atoms with E-state index >= 15 is 0 Å². The number of benzene rings is 2. The first-order chi connectivity index (χ1) is 13.6. The Hall–Kier alpha value is -2.51. The van der Waals surface area contributed by atoms with Crippen molar-refractivity contribution in [2.75, 3.05) is 26.9 Å². The van der Waals surface area contributed by atoms with E-state index in [1.807, 2.05) is 61.5 Å². The average molecular weight is 416 g/mol. The van der Waals surface area contributed by atoms with Gasteiger partial charge in [-0.25, -0.2) is 0 Å². The Kier molecular flexibility index (Phi) is 6.95. The van der Waals surface area contributed by atoms with Crippen molar-refractivity contribution in [1.29, 1.82) is 0 Å². The second-order valence-corrected chi connectivity index (χ2v) is 7.52. The summed E-state index contributed by atoms with van der Waals surface area (Å²) in [7, 11) is 1.62. The molecule has 2 aromatic carbocycles. The molecule has 146 valence electrons. The van der Waals surface area contributed by atoms with Gasteiger partial charge in [-0.1, -0.05) is 48.2 Å². The largest absolute Gasteiger partial charge is 0.497 e. The van der Waals surface area contributed by atoms with Gasteiger partial charge in [0.2, 0.25) is 0 Å². The molecule has 0 N–H and O–H groups in total. The molecule has 0 spiro atoms. The smallest absolute Gasteiger partial charge is 0.266 e. The summed E-state index contributed by atoms with van der Waals surface area (Å²) < 4.78 is 17.3. The molecule has 0 aromatic heterocycles. The maximum atomic E-state index is 12.4. The summed E-state index contributed by atoms with van der Waals surface area (Å²) in [6.45, 7) is 3.24. The molecule has 1 aliphatic heterocycles. The number of hydrogen-bond acceptors (Lipinski definition) is 6. The number of para-hydroxylation sites is 1. The van der Waals surface area contributed by atoms with Crippen molar-refractivity contribution in [1.82, 2.24) is 4.90 Å². The molecule has 1 amide bonds. The van der Waals surface area contributed by atoms with Crippen LogP contribution in [0, 0.1) is 0 Å². The van der Waals surface area contributed by atoms with Gasteiger partial charge in [-0.05, 0) is 31.2 Å². The number of carbonyl (C=O) groups is 1. The Bertz CT molecular complexity index is 897. The minimum Gasteiger partial charge on any atom is -0.497 e. The van der Waals surface area contributed by atoms with Crippen LogP contribution < -0.4 is 14.2 Å². The van der Waals surface area contributed by atoms with Gasteiger partial charge in [-0.2, -0.15) is 0 Å². The van der Waals surface area contributed by atoms with Crippen molar-refractivity contribution in [3.8, 4) is 17.2 Å². The molecule has 0 unspecified atom stereocenters. The number of amides is 1. The van der Waals surface area contributed by atoms with Gasteiger partial charge in [0.15, 0.2) is 0 Å². The van der Waals surface area contributed by atoms with Gasteiger partial charge in [-0.15, -0.1) is 0 Å². The third-order valence-corrected chi connectivity index (χ3v) is 5.42. The normalized spacial score (nSPS) is 15.2. The quantitative estimate of drug-likeness (QED) is 0.362. The molecular weight excluding hydrogens is 394 g/mol. The average Bonchev–Trinajstić information content (AvgIpc) is 2.99. The van der Waals surface area contributed by atoms with E-state index in [-0.39, 0.29) is 5.91 Å². The van der Waals surface area contributed by atoms with Crippen LogP contribution in [-0.2, 0) is 4.79 Å². The van der Waals surface area contributed by atoms with E-state index in [9.17, 15) is 4.79 Å². The first-order valence-electron chi connectivity index (χ1n) is 8.86. The van der Waals surface area contributed by atoms with Gasteiger partial charge in [0, 0.05) is 18.2 Å². The number of likely N-dealkylation sites (N-methyl/N-ethyl adjacent to an activating group) is 1. The molecule has 1 fully saturated rings. The zero-order valence-corrected chi connectivity index (χ0v) is 17.3. The van der Waals surface area contributed by atoms with Crippen LogP contribution in [0.15, 0.2) is 53.4 Å². The van der Waals surface area contributed by atoms with Gasteiger partial charge in [-0.3, -0.25) is 9.69 Å². The fraction of sp³-hybridized carbons (Fsp3) is 0.238. The van der Waals surface area contributed by atoms with E-state index < -0.39 is 0 Å². The minimum absolute atomic E-state index is 0.0614. The fourth-order valence-electron chi connectivity index (χ4n) is 2.65. The number of hydrogen-bond donors (Lipinski definition) is 0. The molecule has 0 saturated carbocycles. The second kappa shape index (κ2) is 9.61. The van der Waals surface area contributed by atoms with Crippen LogP contribution in [-0.4, -0.2) is 42.0 Å². The Morgan fingerprint density at radius 1 is 1.07 bits per heavy atom. The Balaban J connectivity index is 1.62. The number of ether oxygens (including phenoxy) is 3. The molecule has 3 rings (SSSR count). The fourth-order valence-corrected chi connectivity index (χ4v) is 4.02. The summed E-state index contributed by atoms with van der Waals surface area (Å²) in [6.07, 6.45) is 1.83. The van der Waals surface area contributed by atoms with Crippen LogP contribution in [0.2, 0.25) is 0 Å². The lowest BCUT2D eigenvalue weighted by Crippen LogP contribution is -2.27. The zero-order valence-electron chi connectivity index (χ0n) is 15.7. The first kappa shape index (κ1) is 20.2. The minimum atomic E-state index is -0.0614. The molecule has 0 atom stereocenters. The maximum Gasteiger partial charge on any atom is 0.266 e. The van der Waals surface area contributed by atoms with Gasteiger partial charge >= 0.3 is 0 Å². The number of thioether (sulfide) groups is 1. The van der Waals surface area contributed by atoms with Gasteiger partial charge in [0.05, 0.1) is 12.0 Å². The zero-order chi connectivity index (χ0) is 19.9. The molecular formula is C21H21NO4S2. The van der Waals surface area contributed by atoms with Crippen molar-refractivity contribution in [2.24, 2.45) is 0 Å². The number of thiocarbonyl (C=S) groups is 1. The van der Waals surface area contributed by atoms with Crippen molar-refractivity contribution < 1.29 is 19.0 Å². The van der Waals surface area contributed by atoms with E-state index in [2.05, 4.69) is 0 Å². The molecule has 1 heterocycles. The topological polar surface area (TPSA) is 48.0 Å². The van der Waals surface area contributed by atoms with Crippen LogP contribution in [0.4, 0.5) is 0 Å². The number of methoxy groups -OCH3 is 1. The highest BCUT2D eigenvalue weighted by Crippen LogP contribution is 2.34. The van der Waals surface area contributed by atoms with E-state index in [1.54, 1.807) is 12.0 Å². The highest BCUT2D eigenvalue weighted by Gasteiger charge is 2.30. The summed E-state index contributed by atoms with van der Waals surface area (Å²) in [6, 6.07) is 15.0. The molecule has 1 saturated heterocycles. The molecule has 0 aliphatic carbocycles. The van der Waals surface area contributed by atoms with Crippen LogP contribution in [0.25, 0.3) is 6.08 Å². The lowest BCUT2D eigenvalue weighted by Gasteiger charge is -2.11. The lowest BCUT2D eigenvalue weighted by molar-refractivity contribution is -0.121. The van der Waals surface area contributed by atoms with E-state index in [4.69, 9.17) is 26.4 Å². The summed E-state index contributed by atoms with van der Waals surface area (Å²) >= 11 is 6.58. The predicted molar refractivity (Wildman–Crippen MR) is 116 cm³/mol. The monoisotopic (exact) mass is 415 g/mol. The Morgan fingerprint density at radius 3 is 2.57 bits per heavy atom. The summed E-state index contributed by atoms with van der Waals surface area (Å²) in [5.74, 6) is 2.10. The number of rotatable bonds is 8. The predicted octanol–water partition coefficient (Wildman–Crippen LogP) is 4.37. The Morgan fingerprint density at radius 2 is 1.82 bits per heavy atom. The molecule has 2 aromatic rings. The van der Waals surface area contributed by atoms with E-state index in [0.717, 1.165) is 17.1 Å². The molecule has 5 nitrogen and oxygen atoms in total. The number of nitrogens with zero attached hydrogens (tertiary/aromatic N) is 1. The van der Waals surface area contributed by atoms with Crippen molar-refractivity contribution >= 4 is 40.3 Å². The van der Waals surface area contributed by atoms with Crippen LogP contribution in [0.3, 0.4) is 0 Å². The third-order valence-electron chi connectivity index (χ3n) is 4.05. The summed E-state index contributed by atoms with van der Waals surface area (Å²) in [5, 5.41) is 0. The van der Waals surface area contributed by atoms with Crippen LogP contribution in [0.1, 0.15) is 12.5 Å². The Labute approximate surface area is 174 Å². The molecule has 7 heteroatoms. The van der Waals surface area contributed by atoms with Crippen LogP contribution >= 0.6 is 24.0 Å². The highest BCUT2D eigenvalue weighted by atomic mass is 32.2. The standard InChI is InChI=1S/C21H21NO4S2/c1-3-22-20(23)19(28-21(22)27)13-15-7-4-5-10-18(15)26-12-11-25-17-9-6-8-16(14-17)24-2/h4-10,13-14H,3,11-12H2,1-2H3/b19-13+. The van der Waals surface area contributed by atoms with Crippen molar-refractivity contribution in [3.63, 3.8) is 0 Å². The van der Waals surface area contributed by atoms with Gasteiger partial charge < -0.3 is 14.2 Å². The maximum absolute atomic E-state index is 12.4. The second-order valence-electron chi connectivity index (χ2n) is 5.84. The number of carbonyl (C=O) groups excluding carboxylic acids is 1. The lowest BCUT2D eigenvalue weighted by atomic mass is 10.2. The first-order valence-corrected chi connectivity index (χ1v) is 10.1. The van der Waals surface area contributed by atoms with Crippen molar-refractivity contribution in [3.05, 3.63) is 59.0 Å². The van der Waals surface area contributed by atoms with E-state index in [0.29, 0.717) is 34.7 Å². The molecule has 28 heavy (non-hydrogen) atoms. The molecule has 0 bridgehead atoms. The highest BCUT2D eigenvalue weighted by molar-refractivity contribution is 8.26. The SMILES string of the molecule is CCN1C(=O)/C(=C\c2ccccc2OCCOc2cccc(OC)c2)SC1=S. The van der Waals surface area contributed by atoms with Gasteiger partial charge in [0.25, 0.3) is 5.91 Å². The molecule has 0 radical (unpaired) electrons. The van der Waals surface area contributed by atoms with Gasteiger partial charge in [0.1, 0.15) is 34.8 Å². The summed E-state index contributed by atoms with van der Waals surface area (Å²) in [5.41, 5.74) is 0.834.